The van der Waals surface area contributed by atoms with Gasteiger partial charge in [0, 0.05) is 25.0 Å². The van der Waals surface area contributed by atoms with Crippen LogP contribution in [0.5, 0.6) is 0 Å². The van der Waals surface area contributed by atoms with Crippen LogP contribution in [0.25, 0.3) is 0 Å². The molecule has 2 aliphatic rings. The van der Waals surface area contributed by atoms with Crippen LogP contribution in [-0.2, 0) is 4.79 Å². The molecule has 1 saturated carbocycles. The molecule has 0 spiro atoms. The normalized spacial score (nSPS) is 28.2. The molecule has 1 aromatic carbocycles. The maximum atomic E-state index is 12.1. The van der Waals surface area contributed by atoms with E-state index in [0.29, 0.717) is 25.4 Å². The average Bonchev–Trinajstić information content (AvgIpc) is 3.02. The minimum absolute atomic E-state index is 0.128. The number of carboxylic acid groups (broad SMARTS) is 1. The van der Waals surface area contributed by atoms with Crippen molar-refractivity contribution in [2.24, 2.45) is 5.92 Å². The Hall–Kier alpha value is -2.04. The Morgan fingerprint density at radius 1 is 1.25 bits per heavy atom. The first-order valence-corrected chi connectivity index (χ1v) is 6.98. The zero-order valence-electron chi connectivity index (χ0n) is 11.2. The second-order valence-corrected chi connectivity index (χ2v) is 5.58. The molecule has 2 N–H and O–H groups in total. The predicted molar refractivity (Wildman–Crippen MR) is 73.4 cm³/mol. The van der Waals surface area contributed by atoms with Gasteiger partial charge in [-0.25, -0.2) is 4.79 Å². The second-order valence-electron chi connectivity index (χ2n) is 5.58. The SMILES string of the molecule is O=C(O)C1CCN(C(=O)N[C@@H]2C[C@H]2c2ccccc2)C1. The van der Waals surface area contributed by atoms with Crippen molar-refractivity contribution in [2.75, 3.05) is 13.1 Å². The number of nitrogens with zero attached hydrogens (tertiary/aromatic N) is 1. The highest BCUT2D eigenvalue weighted by molar-refractivity contribution is 5.78. The van der Waals surface area contributed by atoms with Crippen molar-refractivity contribution in [3.8, 4) is 0 Å². The average molecular weight is 274 g/mol. The van der Waals surface area contributed by atoms with E-state index in [2.05, 4.69) is 17.4 Å². The van der Waals surface area contributed by atoms with Crippen molar-refractivity contribution in [3.05, 3.63) is 35.9 Å². The molecule has 20 heavy (non-hydrogen) atoms. The Kier molecular flexibility index (Phi) is 3.34. The highest BCUT2D eigenvalue weighted by atomic mass is 16.4. The topological polar surface area (TPSA) is 69.6 Å². The lowest BCUT2D eigenvalue weighted by atomic mass is 10.1. The number of benzene rings is 1. The molecule has 3 atom stereocenters. The van der Waals surface area contributed by atoms with Gasteiger partial charge in [-0.1, -0.05) is 30.3 Å². The summed E-state index contributed by atoms with van der Waals surface area (Å²) in [5.74, 6) is -0.822. The van der Waals surface area contributed by atoms with Crippen molar-refractivity contribution in [3.63, 3.8) is 0 Å². The highest BCUT2D eigenvalue weighted by Gasteiger charge is 2.41. The van der Waals surface area contributed by atoms with Crippen LogP contribution in [0.2, 0.25) is 0 Å². The van der Waals surface area contributed by atoms with Crippen molar-refractivity contribution >= 4 is 12.0 Å². The van der Waals surface area contributed by atoms with Crippen LogP contribution in [0.3, 0.4) is 0 Å². The molecule has 1 unspecified atom stereocenters. The van der Waals surface area contributed by atoms with Gasteiger partial charge in [-0.3, -0.25) is 4.79 Å². The molecule has 1 aliphatic carbocycles. The van der Waals surface area contributed by atoms with Gasteiger partial charge in [-0.2, -0.15) is 0 Å². The fraction of sp³-hybridized carbons (Fsp3) is 0.467. The lowest BCUT2D eigenvalue weighted by Gasteiger charge is -2.16. The van der Waals surface area contributed by atoms with Gasteiger partial charge >= 0.3 is 12.0 Å². The summed E-state index contributed by atoms with van der Waals surface area (Å²) in [5.41, 5.74) is 1.25. The third-order valence-electron chi connectivity index (χ3n) is 4.15. The Bertz CT molecular complexity index is 517. The number of urea groups is 1. The number of aliphatic carboxylic acids is 1. The summed E-state index contributed by atoms with van der Waals surface area (Å²) >= 11 is 0. The van der Waals surface area contributed by atoms with Gasteiger partial charge in [0.1, 0.15) is 0 Å². The van der Waals surface area contributed by atoms with E-state index in [1.165, 1.54) is 5.56 Å². The quantitative estimate of drug-likeness (QED) is 0.880. The zero-order valence-corrected chi connectivity index (χ0v) is 11.2. The Morgan fingerprint density at radius 3 is 2.65 bits per heavy atom. The molecule has 0 radical (unpaired) electrons. The predicted octanol–water partition coefficient (Wildman–Crippen LogP) is 1.66. The zero-order chi connectivity index (χ0) is 14.1. The van der Waals surface area contributed by atoms with E-state index in [9.17, 15) is 9.59 Å². The summed E-state index contributed by atoms with van der Waals surface area (Å²) in [5, 5.41) is 11.9. The number of carboxylic acids is 1. The lowest BCUT2D eigenvalue weighted by Crippen LogP contribution is -2.40. The number of hydrogen-bond acceptors (Lipinski definition) is 2. The van der Waals surface area contributed by atoms with Crippen LogP contribution in [0.15, 0.2) is 30.3 Å². The van der Waals surface area contributed by atoms with E-state index in [-0.39, 0.29) is 12.1 Å². The molecule has 5 nitrogen and oxygen atoms in total. The van der Waals surface area contributed by atoms with Crippen molar-refractivity contribution in [1.82, 2.24) is 10.2 Å². The first-order valence-electron chi connectivity index (χ1n) is 6.98. The third kappa shape index (κ3) is 2.61. The van der Waals surface area contributed by atoms with Crippen molar-refractivity contribution < 1.29 is 14.7 Å². The van der Waals surface area contributed by atoms with E-state index in [4.69, 9.17) is 5.11 Å². The van der Waals surface area contributed by atoms with Gasteiger partial charge in [-0.15, -0.1) is 0 Å². The number of hydrogen-bond donors (Lipinski definition) is 2. The summed E-state index contributed by atoms with van der Waals surface area (Å²) in [4.78, 5) is 24.6. The Labute approximate surface area is 117 Å². The van der Waals surface area contributed by atoms with Crippen LogP contribution in [0.4, 0.5) is 4.79 Å². The fourth-order valence-electron chi connectivity index (χ4n) is 2.82. The molecular formula is C15H18N2O3. The van der Waals surface area contributed by atoms with Crippen molar-refractivity contribution in [1.29, 1.82) is 0 Å². The molecule has 1 aromatic rings. The first kappa shape index (κ1) is 13.0. The van der Waals surface area contributed by atoms with Gasteiger partial charge in [0.15, 0.2) is 0 Å². The summed E-state index contributed by atoms with van der Waals surface area (Å²) in [6.07, 6.45) is 1.52. The van der Waals surface area contributed by atoms with E-state index in [0.717, 1.165) is 6.42 Å². The maximum absolute atomic E-state index is 12.1. The number of carbonyl (C=O) groups is 2. The summed E-state index contributed by atoms with van der Waals surface area (Å²) < 4.78 is 0. The maximum Gasteiger partial charge on any atom is 0.317 e. The van der Waals surface area contributed by atoms with Crippen LogP contribution in [0, 0.1) is 5.92 Å². The van der Waals surface area contributed by atoms with E-state index in [1.54, 1.807) is 4.90 Å². The number of carbonyl (C=O) groups excluding carboxylic acids is 1. The van der Waals surface area contributed by atoms with Crippen molar-refractivity contribution in [2.45, 2.75) is 24.8 Å². The molecule has 5 heteroatoms. The second kappa shape index (κ2) is 5.15. The number of amides is 2. The molecular weight excluding hydrogens is 256 g/mol. The molecule has 106 valence electrons. The largest absolute Gasteiger partial charge is 0.481 e. The minimum Gasteiger partial charge on any atom is -0.481 e. The molecule has 2 amide bonds. The molecule has 1 aliphatic heterocycles. The molecule has 0 aromatic heterocycles. The molecule has 1 saturated heterocycles. The summed E-state index contributed by atoms with van der Waals surface area (Å²) in [7, 11) is 0. The number of likely N-dealkylation sites (tertiary alicyclic amines) is 1. The van der Waals surface area contributed by atoms with Gasteiger partial charge in [0.2, 0.25) is 0 Å². The van der Waals surface area contributed by atoms with Gasteiger partial charge < -0.3 is 15.3 Å². The fourth-order valence-corrected chi connectivity index (χ4v) is 2.82. The van der Waals surface area contributed by atoms with Gasteiger partial charge in [-0.05, 0) is 18.4 Å². The Balaban J connectivity index is 1.51. The lowest BCUT2D eigenvalue weighted by molar-refractivity contribution is -0.141. The summed E-state index contributed by atoms with van der Waals surface area (Å²) in [6.45, 7) is 0.857. The highest BCUT2D eigenvalue weighted by Crippen LogP contribution is 2.40. The third-order valence-corrected chi connectivity index (χ3v) is 4.15. The van der Waals surface area contributed by atoms with Crippen LogP contribution >= 0.6 is 0 Å². The van der Waals surface area contributed by atoms with E-state index >= 15 is 0 Å². The molecule has 0 bridgehead atoms. The van der Waals surface area contributed by atoms with E-state index < -0.39 is 11.9 Å². The standard InChI is InChI=1S/C15H18N2O3/c18-14(19)11-6-7-17(9-11)15(20)16-13-8-12(13)10-4-2-1-3-5-10/h1-5,11-13H,6-9H2,(H,16,20)(H,18,19)/t11?,12-,13+/m0/s1. The Morgan fingerprint density at radius 2 is 2.00 bits per heavy atom. The van der Waals surface area contributed by atoms with Crippen LogP contribution in [0.1, 0.15) is 24.3 Å². The first-order chi connectivity index (χ1) is 9.65. The number of rotatable bonds is 3. The van der Waals surface area contributed by atoms with Crippen LogP contribution < -0.4 is 5.32 Å². The monoisotopic (exact) mass is 274 g/mol. The molecule has 3 rings (SSSR count). The number of nitrogens with one attached hydrogen (secondary N) is 1. The van der Waals surface area contributed by atoms with Gasteiger partial charge in [0.25, 0.3) is 0 Å². The minimum atomic E-state index is -0.811. The van der Waals surface area contributed by atoms with E-state index in [1.807, 2.05) is 18.2 Å². The van der Waals surface area contributed by atoms with Crippen LogP contribution in [-0.4, -0.2) is 41.1 Å². The molecule has 1 heterocycles. The summed E-state index contributed by atoms with van der Waals surface area (Å²) in [6, 6.07) is 10.2. The smallest absolute Gasteiger partial charge is 0.317 e. The molecule has 2 fully saturated rings. The van der Waals surface area contributed by atoms with Gasteiger partial charge in [0.05, 0.1) is 5.92 Å².